The van der Waals surface area contributed by atoms with E-state index in [9.17, 15) is 4.79 Å². The molecule has 0 fully saturated rings. The smallest absolute Gasteiger partial charge is 0.243 e. The number of hydrogen-bond donors (Lipinski definition) is 2. The van der Waals surface area contributed by atoms with Crippen molar-refractivity contribution < 1.29 is 9.21 Å². The van der Waals surface area contributed by atoms with Crippen molar-refractivity contribution in [2.45, 2.75) is 33.4 Å². The lowest BCUT2D eigenvalue weighted by Gasteiger charge is -2.22. The molecule has 2 heterocycles. The van der Waals surface area contributed by atoms with Crippen LogP contribution >= 0.6 is 0 Å². The molecule has 0 aliphatic rings. The first-order chi connectivity index (χ1) is 12.0. The molecular formula is C19H22N4O2. The molecule has 6 heteroatoms. The van der Waals surface area contributed by atoms with Crippen LogP contribution in [0.25, 0.3) is 10.9 Å². The van der Waals surface area contributed by atoms with Crippen LogP contribution in [0.5, 0.6) is 0 Å². The number of aryl methyl sites for hydroxylation is 1. The first-order valence-electron chi connectivity index (χ1n) is 8.34. The highest BCUT2D eigenvalue weighted by atomic mass is 16.3. The molecule has 130 valence electrons. The minimum absolute atomic E-state index is 0.0899. The summed E-state index contributed by atoms with van der Waals surface area (Å²) in [5.41, 5.74) is 0.842. The van der Waals surface area contributed by atoms with Gasteiger partial charge in [-0.05, 0) is 37.1 Å². The maximum absolute atomic E-state index is 12.6. The van der Waals surface area contributed by atoms with Crippen molar-refractivity contribution in [3.8, 4) is 0 Å². The third-order valence-electron chi connectivity index (χ3n) is 4.02. The van der Waals surface area contributed by atoms with Gasteiger partial charge in [0.15, 0.2) is 0 Å². The minimum atomic E-state index is -0.408. The van der Waals surface area contributed by atoms with Crippen molar-refractivity contribution in [1.82, 2.24) is 15.3 Å². The second kappa shape index (κ2) is 7.34. The van der Waals surface area contributed by atoms with Crippen LogP contribution in [0.1, 0.15) is 25.4 Å². The SMILES string of the molecule is Cc1ccc(CNC(=O)C(Nc2ncnc3ccccc23)C(C)C)o1. The fourth-order valence-corrected chi connectivity index (χ4v) is 2.67. The highest BCUT2D eigenvalue weighted by Crippen LogP contribution is 2.20. The largest absolute Gasteiger partial charge is 0.465 e. The number of para-hydroxylation sites is 1. The minimum Gasteiger partial charge on any atom is -0.465 e. The fourth-order valence-electron chi connectivity index (χ4n) is 2.67. The molecular weight excluding hydrogens is 316 g/mol. The second-order valence-corrected chi connectivity index (χ2v) is 6.34. The average Bonchev–Trinajstić information content (AvgIpc) is 3.02. The number of hydrogen-bond acceptors (Lipinski definition) is 5. The number of nitrogens with zero attached hydrogens (tertiary/aromatic N) is 2. The van der Waals surface area contributed by atoms with Gasteiger partial charge in [-0.2, -0.15) is 0 Å². The van der Waals surface area contributed by atoms with Crippen molar-refractivity contribution in [1.29, 1.82) is 0 Å². The van der Waals surface area contributed by atoms with E-state index in [0.717, 1.165) is 22.4 Å². The quantitative estimate of drug-likeness (QED) is 0.721. The Balaban J connectivity index is 1.75. The summed E-state index contributed by atoms with van der Waals surface area (Å²) in [6.45, 7) is 6.24. The van der Waals surface area contributed by atoms with E-state index < -0.39 is 6.04 Å². The number of aromatic nitrogens is 2. The summed E-state index contributed by atoms with van der Waals surface area (Å²) in [5, 5.41) is 7.09. The summed E-state index contributed by atoms with van der Waals surface area (Å²) in [4.78, 5) is 21.2. The van der Waals surface area contributed by atoms with Gasteiger partial charge in [-0.1, -0.05) is 26.0 Å². The standard InChI is InChI=1S/C19H22N4O2/c1-12(2)17(19(24)20-10-14-9-8-13(3)25-14)23-18-15-6-4-5-7-16(15)21-11-22-18/h4-9,11-12,17H,10H2,1-3H3,(H,20,24)(H,21,22,23). The Bertz CT molecular complexity index is 867. The molecule has 3 aromatic rings. The third kappa shape index (κ3) is 3.96. The molecule has 1 unspecified atom stereocenters. The van der Waals surface area contributed by atoms with Gasteiger partial charge in [0.05, 0.1) is 12.1 Å². The lowest BCUT2D eigenvalue weighted by molar-refractivity contribution is -0.122. The van der Waals surface area contributed by atoms with Crippen molar-refractivity contribution in [3.63, 3.8) is 0 Å². The van der Waals surface area contributed by atoms with E-state index in [1.807, 2.05) is 57.2 Å². The molecule has 3 rings (SSSR count). The number of fused-ring (bicyclic) bond motifs is 1. The lowest BCUT2D eigenvalue weighted by atomic mass is 10.0. The van der Waals surface area contributed by atoms with Crippen LogP contribution in [0.4, 0.5) is 5.82 Å². The zero-order chi connectivity index (χ0) is 17.8. The van der Waals surface area contributed by atoms with Gasteiger partial charge in [0, 0.05) is 5.39 Å². The van der Waals surface area contributed by atoms with Gasteiger partial charge in [-0.25, -0.2) is 9.97 Å². The molecule has 0 aliphatic carbocycles. The van der Waals surface area contributed by atoms with Gasteiger partial charge in [0.25, 0.3) is 0 Å². The number of benzene rings is 1. The van der Waals surface area contributed by atoms with E-state index in [2.05, 4.69) is 20.6 Å². The normalized spacial score (nSPS) is 12.3. The van der Waals surface area contributed by atoms with Crippen LogP contribution in [0.3, 0.4) is 0 Å². The second-order valence-electron chi connectivity index (χ2n) is 6.34. The Morgan fingerprint density at radius 2 is 1.96 bits per heavy atom. The number of anilines is 1. The topological polar surface area (TPSA) is 80.0 Å². The number of carbonyl (C=O) groups excluding carboxylic acids is 1. The van der Waals surface area contributed by atoms with Crippen LogP contribution in [0.2, 0.25) is 0 Å². The summed E-state index contributed by atoms with van der Waals surface area (Å²) in [6.07, 6.45) is 1.51. The van der Waals surface area contributed by atoms with E-state index >= 15 is 0 Å². The zero-order valence-corrected chi connectivity index (χ0v) is 14.6. The van der Waals surface area contributed by atoms with Crippen LogP contribution in [-0.4, -0.2) is 21.9 Å². The fraction of sp³-hybridized carbons (Fsp3) is 0.316. The van der Waals surface area contributed by atoms with Crippen LogP contribution in [0.15, 0.2) is 47.1 Å². The van der Waals surface area contributed by atoms with Gasteiger partial charge in [0.1, 0.15) is 29.7 Å². The average molecular weight is 338 g/mol. The van der Waals surface area contributed by atoms with Crippen molar-refractivity contribution in [3.05, 3.63) is 54.2 Å². The lowest BCUT2D eigenvalue weighted by Crippen LogP contribution is -2.42. The van der Waals surface area contributed by atoms with Gasteiger partial charge in [-0.3, -0.25) is 4.79 Å². The monoisotopic (exact) mass is 338 g/mol. The molecule has 1 aromatic carbocycles. The van der Waals surface area contributed by atoms with Gasteiger partial charge in [0.2, 0.25) is 5.91 Å². The van der Waals surface area contributed by atoms with Gasteiger partial charge >= 0.3 is 0 Å². The molecule has 1 atom stereocenters. The van der Waals surface area contributed by atoms with Crippen LogP contribution in [-0.2, 0) is 11.3 Å². The van der Waals surface area contributed by atoms with E-state index in [0.29, 0.717) is 12.4 Å². The highest BCUT2D eigenvalue weighted by molar-refractivity contribution is 5.92. The third-order valence-corrected chi connectivity index (χ3v) is 4.02. The molecule has 0 spiro atoms. The Hall–Kier alpha value is -2.89. The van der Waals surface area contributed by atoms with E-state index in [1.165, 1.54) is 6.33 Å². The zero-order valence-electron chi connectivity index (χ0n) is 14.6. The van der Waals surface area contributed by atoms with Crippen LogP contribution < -0.4 is 10.6 Å². The predicted octanol–water partition coefficient (Wildman–Crippen LogP) is 3.28. The molecule has 2 N–H and O–H groups in total. The van der Waals surface area contributed by atoms with Crippen molar-refractivity contribution in [2.24, 2.45) is 5.92 Å². The number of furan rings is 1. The number of nitrogens with one attached hydrogen (secondary N) is 2. The molecule has 0 saturated carbocycles. The molecule has 6 nitrogen and oxygen atoms in total. The first kappa shape index (κ1) is 17.0. The van der Waals surface area contributed by atoms with E-state index in [-0.39, 0.29) is 11.8 Å². The molecule has 2 aromatic heterocycles. The molecule has 0 aliphatic heterocycles. The molecule has 1 amide bonds. The number of rotatable bonds is 6. The molecule has 0 saturated heterocycles. The summed E-state index contributed by atoms with van der Waals surface area (Å²) in [5.74, 6) is 2.23. The Morgan fingerprint density at radius 3 is 2.68 bits per heavy atom. The Labute approximate surface area is 146 Å². The summed E-state index contributed by atoms with van der Waals surface area (Å²) in [6, 6.07) is 11.1. The van der Waals surface area contributed by atoms with Gasteiger partial charge < -0.3 is 15.1 Å². The molecule has 25 heavy (non-hydrogen) atoms. The predicted molar refractivity (Wildman–Crippen MR) is 97.1 cm³/mol. The highest BCUT2D eigenvalue weighted by Gasteiger charge is 2.23. The first-order valence-corrected chi connectivity index (χ1v) is 8.34. The summed E-state index contributed by atoms with van der Waals surface area (Å²) < 4.78 is 5.49. The van der Waals surface area contributed by atoms with Crippen molar-refractivity contribution >= 4 is 22.6 Å². The Morgan fingerprint density at radius 1 is 1.16 bits per heavy atom. The maximum Gasteiger partial charge on any atom is 0.243 e. The van der Waals surface area contributed by atoms with Crippen LogP contribution in [0, 0.1) is 12.8 Å². The van der Waals surface area contributed by atoms with Crippen molar-refractivity contribution in [2.75, 3.05) is 5.32 Å². The summed E-state index contributed by atoms with van der Waals surface area (Å²) >= 11 is 0. The summed E-state index contributed by atoms with van der Waals surface area (Å²) in [7, 11) is 0. The number of amides is 1. The Kier molecular flexibility index (Phi) is 4.97. The molecule has 0 radical (unpaired) electrons. The maximum atomic E-state index is 12.6. The van der Waals surface area contributed by atoms with Gasteiger partial charge in [-0.15, -0.1) is 0 Å². The van der Waals surface area contributed by atoms with E-state index in [4.69, 9.17) is 4.42 Å². The number of carbonyl (C=O) groups is 1. The molecule has 0 bridgehead atoms. The van der Waals surface area contributed by atoms with E-state index in [1.54, 1.807) is 0 Å².